The maximum atomic E-state index is 13.0. The molecular weight excluding hydrogens is 293 g/mol. The topological polar surface area (TPSA) is 45.4 Å². The number of hydrogen-bond acceptors (Lipinski definition) is 2. The second-order valence-electron chi connectivity index (χ2n) is 5.03. The van der Waals surface area contributed by atoms with Crippen LogP contribution >= 0.6 is 0 Å². The highest BCUT2D eigenvalue weighted by atomic mass is 32.2. The first-order valence-corrected chi connectivity index (χ1v) is 8.29. The molecule has 1 aliphatic carbocycles. The van der Waals surface area contributed by atoms with Crippen molar-refractivity contribution in [1.29, 1.82) is 0 Å². The van der Waals surface area contributed by atoms with Crippen LogP contribution in [-0.4, -0.2) is 25.5 Å². The summed E-state index contributed by atoms with van der Waals surface area (Å²) in [6, 6.07) is 0. The minimum absolute atomic E-state index is 0.244. The van der Waals surface area contributed by atoms with Gasteiger partial charge in [0.15, 0.2) is 9.84 Å². The third kappa shape index (κ3) is 2.87. The number of halogens is 3. The Bertz CT molecular complexity index is 519. The van der Waals surface area contributed by atoms with Gasteiger partial charge in [0, 0.05) is 17.6 Å². The van der Waals surface area contributed by atoms with Gasteiger partial charge in [0.05, 0.1) is 0 Å². The van der Waals surface area contributed by atoms with Gasteiger partial charge in [-0.3, -0.25) is 0 Å². The third-order valence-corrected chi connectivity index (χ3v) is 5.52. The zero-order chi connectivity index (χ0) is 15.0. The van der Waals surface area contributed by atoms with E-state index < -0.39 is 34.0 Å². The summed E-state index contributed by atoms with van der Waals surface area (Å²) in [6.45, 7) is 1.41. The SMILES string of the molecule is CCS(=O)(=O)C1=[O+][C-](C(F)(F)F)C2CC/C=C\CCC12. The summed E-state index contributed by atoms with van der Waals surface area (Å²) in [7, 11) is -3.74. The first-order chi connectivity index (χ1) is 9.27. The maximum Gasteiger partial charge on any atom is 0.426 e. The van der Waals surface area contributed by atoms with Gasteiger partial charge in [-0.25, -0.2) is 8.42 Å². The second-order valence-corrected chi connectivity index (χ2v) is 7.23. The number of sulfone groups is 1. The molecule has 1 aliphatic heterocycles. The van der Waals surface area contributed by atoms with Crippen molar-refractivity contribution in [3.63, 3.8) is 0 Å². The average molecular weight is 310 g/mol. The third-order valence-electron chi connectivity index (χ3n) is 3.76. The van der Waals surface area contributed by atoms with E-state index in [1.165, 1.54) is 6.92 Å². The predicted octanol–water partition coefficient (Wildman–Crippen LogP) is 2.95. The molecule has 2 unspecified atom stereocenters. The summed E-state index contributed by atoms with van der Waals surface area (Å²) in [5.74, 6) is -1.80. The number of carbonyl (C=O) groups excluding carboxylic acids is 1. The monoisotopic (exact) mass is 310 g/mol. The van der Waals surface area contributed by atoms with Crippen molar-refractivity contribution < 1.29 is 26.0 Å². The molecule has 0 bridgehead atoms. The predicted molar refractivity (Wildman–Crippen MR) is 68.4 cm³/mol. The van der Waals surface area contributed by atoms with Crippen molar-refractivity contribution in [3.05, 3.63) is 18.3 Å². The first-order valence-electron chi connectivity index (χ1n) is 6.64. The summed E-state index contributed by atoms with van der Waals surface area (Å²) in [6.07, 6.45) is -0.216. The normalized spacial score (nSPS) is 29.4. The molecule has 7 heteroatoms. The molecule has 0 radical (unpaired) electrons. The van der Waals surface area contributed by atoms with Gasteiger partial charge in [-0.2, -0.15) is 13.2 Å². The van der Waals surface area contributed by atoms with E-state index in [4.69, 9.17) is 4.42 Å². The number of allylic oxidation sites excluding steroid dienone is 2. The van der Waals surface area contributed by atoms with Gasteiger partial charge >= 0.3 is 6.18 Å². The van der Waals surface area contributed by atoms with Gasteiger partial charge in [-0.1, -0.05) is 31.9 Å². The molecule has 114 valence electrons. The lowest BCUT2D eigenvalue weighted by molar-refractivity contribution is -0.482. The highest BCUT2D eigenvalue weighted by Gasteiger charge is 2.57. The number of fused-ring (bicyclic) bond motifs is 1. The molecule has 0 aromatic heterocycles. The van der Waals surface area contributed by atoms with Crippen LogP contribution in [0.4, 0.5) is 13.2 Å². The molecule has 3 nitrogen and oxygen atoms in total. The van der Waals surface area contributed by atoms with E-state index in [1.54, 1.807) is 0 Å². The highest BCUT2D eigenvalue weighted by molar-refractivity contribution is 8.06. The molecule has 20 heavy (non-hydrogen) atoms. The fraction of sp³-hybridized carbons (Fsp3) is 0.692. The Morgan fingerprint density at radius 3 is 2.45 bits per heavy atom. The van der Waals surface area contributed by atoms with Crippen LogP contribution in [0, 0.1) is 17.9 Å². The number of alkyl halides is 3. The van der Waals surface area contributed by atoms with Crippen LogP contribution in [-0.2, 0) is 14.3 Å². The molecule has 0 fully saturated rings. The molecule has 1 heterocycles. The molecular formula is C13H17F3O3S. The smallest absolute Gasteiger partial charge is 0.372 e. The van der Waals surface area contributed by atoms with Crippen molar-refractivity contribution in [3.8, 4) is 0 Å². The minimum Gasteiger partial charge on any atom is -0.372 e. The van der Waals surface area contributed by atoms with E-state index in [1.807, 2.05) is 12.2 Å². The number of rotatable bonds is 1. The van der Waals surface area contributed by atoms with E-state index in [9.17, 15) is 21.6 Å². The van der Waals surface area contributed by atoms with Gasteiger partial charge in [0.1, 0.15) is 0 Å². The highest BCUT2D eigenvalue weighted by Crippen LogP contribution is 2.46. The zero-order valence-corrected chi connectivity index (χ0v) is 11.9. The van der Waals surface area contributed by atoms with Crippen molar-refractivity contribution in [1.82, 2.24) is 0 Å². The fourth-order valence-electron chi connectivity index (χ4n) is 2.75. The van der Waals surface area contributed by atoms with E-state index in [-0.39, 0.29) is 17.3 Å². The van der Waals surface area contributed by atoms with Crippen molar-refractivity contribution >= 4 is 15.0 Å². The fourth-order valence-corrected chi connectivity index (χ4v) is 3.99. The summed E-state index contributed by atoms with van der Waals surface area (Å²) in [5, 5.41) is -0.382. The van der Waals surface area contributed by atoms with Crippen LogP contribution in [0.5, 0.6) is 0 Å². The Balaban J connectivity index is 2.42. The summed E-state index contributed by atoms with van der Waals surface area (Å²) in [4.78, 5) is 0. The molecule has 2 atom stereocenters. The quantitative estimate of drug-likeness (QED) is 0.425. The Kier molecular flexibility index (Phi) is 4.18. The molecule has 2 aliphatic rings. The lowest BCUT2D eigenvalue weighted by Crippen LogP contribution is -2.31. The lowest BCUT2D eigenvalue weighted by Gasteiger charge is -2.24. The zero-order valence-electron chi connectivity index (χ0n) is 11.1. The van der Waals surface area contributed by atoms with Crippen LogP contribution < -0.4 is 0 Å². The standard InChI is InChI=1S/C13H17F3O3S/c1-2-20(17,18)12-10-8-6-4-3-5-7-9(10)11(19-12)13(14,15)16/h3-4,9-10H,2,5-8H2,1H3/b4-3-. The Hall–Kier alpha value is -0.980. The molecule has 0 saturated carbocycles. The Morgan fingerprint density at radius 2 is 1.90 bits per heavy atom. The van der Waals surface area contributed by atoms with Crippen LogP contribution in [0.25, 0.3) is 0 Å². The van der Waals surface area contributed by atoms with Gasteiger partial charge in [-0.15, -0.1) is 0 Å². The van der Waals surface area contributed by atoms with Crippen LogP contribution in [0.1, 0.15) is 32.6 Å². The van der Waals surface area contributed by atoms with Crippen LogP contribution in [0.2, 0.25) is 0 Å². The lowest BCUT2D eigenvalue weighted by atomic mass is 9.82. The Morgan fingerprint density at radius 1 is 1.30 bits per heavy atom. The summed E-state index contributed by atoms with van der Waals surface area (Å²) >= 11 is 0. The van der Waals surface area contributed by atoms with E-state index >= 15 is 0 Å². The van der Waals surface area contributed by atoms with Crippen molar-refractivity contribution in [2.45, 2.75) is 38.8 Å². The summed E-state index contributed by atoms with van der Waals surface area (Å²) < 4.78 is 67.9. The number of hydrogen-bond donors (Lipinski definition) is 0. The molecule has 0 saturated heterocycles. The molecule has 2 rings (SSSR count). The minimum atomic E-state index is -4.61. The Labute approximate surface area is 116 Å². The van der Waals surface area contributed by atoms with Crippen LogP contribution in [0.15, 0.2) is 12.2 Å². The molecule has 0 spiro atoms. The van der Waals surface area contributed by atoms with E-state index in [2.05, 4.69) is 0 Å². The summed E-state index contributed by atoms with van der Waals surface area (Å²) in [5.41, 5.74) is 0. The molecule has 0 amide bonds. The van der Waals surface area contributed by atoms with Gasteiger partial charge < -0.3 is 4.42 Å². The largest absolute Gasteiger partial charge is 0.426 e. The van der Waals surface area contributed by atoms with Crippen LogP contribution in [0.3, 0.4) is 0 Å². The van der Waals surface area contributed by atoms with Gasteiger partial charge in [0.25, 0.3) is 11.2 Å². The first kappa shape index (κ1) is 15.4. The molecule has 0 N–H and O–H groups in total. The molecule has 0 aromatic carbocycles. The van der Waals surface area contributed by atoms with Gasteiger partial charge in [0.2, 0.25) is 0 Å². The molecule has 0 aromatic rings. The van der Waals surface area contributed by atoms with Crippen molar-refractivity contribution in [2.75, 3.05) is 5.75 Å². The average Bonchev–Trinajstić information content (AvgIpc) is 2.67. The van der Waals surface area contributed by atoms with Gasteiger partial charge in [-0.05, 0) is 12.8 Å². The van der Waals surface area contributed by atoms with E-state index in [0.29, 0.717) is 19.3 Å². The maximum absolute atomic E-state index is 13.0. The van der Waals surface area contributed by atoms with E-state index in [0.717, 1.165) is 0 Å². The van der Waals surface area contributed by atoms with Crippen molar-refractivity contribution in [2.24, 2.45) is 11.8 Å². The second kappa shape index (κ2) is 5.42.